The molecule has 4 heteroatoms. The molecule has 0 bridgehead atoms. The summed E-state index contributed by atoms with van der Waals surface area (Å²) in [6.07, 6.45) is 3.62. The minimum absolute atomic E-state index is 0. The van der Waals surface area contributed by atoms with E-state index in [1.807, 2.05) is 13.1 Å². The smallest absolute Gasteiger partial charge is 0.0516 e. The van der Waals surface area contributed by atoms with Gasteiger partial charge in [0.05, 0.1) is 6.20 Å². The monoisotopic (exact) mass is 166 g/mol. The second-order valence-corrected chi connectivity index (χ2v) is 1.28. The maximum atomic E-state index is 3.70. The molecule has 1 radical (unpaired) electrons. The third-order valence-corrected chi connectivity index (χ3v) is 0.635. The van der Waals surface area contributed by atoms with Gasteiger partial charge >= 0.3 is 0 Å². The van der Waals surface area contributed by atoms with Gasteiger partial charge in [0.1, 0.15) is 0 Å². The number of hydrogen-bond acceptors (Lipinski definition) is 2. The molecule has 0 aliphatic heterocycles. The predicted molar refractivity (Wildman–Crippen MR) is 32.1 cm³/mol. The second kappa shape index (κ2) is 5.28. The third kappa shape index (κ3) is 3.19. The van der Waals surface area contributed by atoms with E-state index in [0.29, 0.717) is 0 Å². The first-order valence-corrected chi connectivity index (χ1v) is 1.85. The van der Waals surface area contributed by atoms with Crippen molar-refractivity contribution in [1.82, 2.24) is 10.2 Å². The van der Waals surface area contributed by atoms with Crippen molar-refractivity contribution in [2.45, 2.75) is 6.92 Å². The Morgan fingerprint density at radius 2 is 2.25 bits per heavy atom. The van der Waals surface area contributed by atoms with Gasteiger partial charge in [0.15, 0.2) is 0 Å². The first-order valence-electron chi connectivity index (χ1n) is 1.85. The number of rotatable bonds is 0. The molecule has 0 atom stereocenters. The molecule has 0 saturated heterocycles. The molecule has 1 aromatic heterocycles. The van der Waals surface area contributed by atoms with E-state index in [4.69, 9.17) is 0 Å². The van der Waals surface area contributed by atoms with E-state index < -0.39 is 0 Å². The van der Waals surface area contributed by atoms with Crippen LogP contribution in [0.1, 0.15) is 5.56 Å². The summed E-state index contributed by atoms with van der Waals surface area (Å²) in [7, 11) is 0. The van der Waals surface area contributed by atoms with Crippen LogP contribution >= 0.6 is 0 Å². The van der Waals surface area contributed by atoms with Gasteiger partial charge in [-0.3, -0.25) is 5.10 Å². The average molecular weight is 166 g/mol. The number of hydrogen-bond donors (Lipinski definition) is 1. The van der Waals surface area contributed by atoms with Crippen LogP contribution in [0.25, 0.3) is 0 Å². The zero-order chi connectivity index (χ0) is 4.41. The second-order valence-electron chi connectivity index (χ2n) is 1.28. The summed E-state index contributed by atoms with van der Waals surface area (Å²) in [5, 5.41) is 6.38. The van der Waals surface area contributed by atoms with E-state index >= 15 is 0 Å². The Hall–Kier alpha value is 0.144. The van der Waals surface area contributed by atoms with Crippen LogP contribution in [0.2, 0.25) is 0 Å². The van der Waals surface area contributed by atoms with Crippen molar-refractivity contribution < 1.29 is 18.6 Å². The summed E-state index contributed by atoms with van der Waals surface area (Å²) in [5.41, 5.74) is 1.18. The van der Waals surface area contributed by atoms with Crippen molar-refractivity contribution in [1.29, 1.82) is 0 Å². The summed E-state index contributed by atoms with van der Waals surface area (Å²) < 4.78 is 0. The molecule has 0 unspecified atom stereocenters. The van der Waals surface area contributed by atoms with Gasteiger partial charge in [0, 0.05) is 24.8 Å². The number of thiol groups is 1. The quantitative estimate of drug-likeness (QED) is 0.447. The summed E-state index contributed by atoms with van der Waals surface area (Å²) >= 11 is 0. The van der Waals surface area contributed by atoms with Crippen LogP contribution < -0.4 is 0 Å². The Balaban J connectivity index is 0. The van der Waals surface area contributed by atoms with Gasteiger partial charge in [-0.15, -0.1) is 0 Å². The molecule has 0 saturated carbocycles. The minimum atomic E-state index is 0. The number of nitrogens with one attached hydrogen (secondary N) is 1. The third-order valence-electron chi connectivity index (χ3n) is 0.635. The number of aryl methyl sites for hydroxylation is 1. The van der Waals surface area contributed by atoms with Crippen molar-refractivity contribution in [2.75, 3.05) is 0 Å². The number of aromatic amines is 1. The SMILES string of the molecule is Cc1cn[nH]c1.[SH-].[V]. The van der Waals surface area contributed by atoms with Gasteiger partial charge in [-0.25, -0.2) is 0 Å². The van der Waals surface area contributed by atoms with Crippen LogP contribution in [0.4, 0.5) is 0 Å². The zero-order valence-corrected chi connectivity index (χ0v) is 6.79. The molecule has 45 valence electrons. The molecule has 1 aromatic rings. The maximum Gasteiger partial charge on any atom is 0.0516 e. The van der Waals surface area contributed by atoms with E-state index in [9.17, 15) is 0 Å². The number of H-pyrrole nitrogens is 1. The topological polar surface area (TPSA) is 28.7 Å². The van der Waals surface area contributed by atoms with E-state index in [0.717, 1.165) is 0 Å². The minimum Gasteiger partial charge on any atom is -0.813 e. The summed E-state index contributed by atoms with van der Waals surface area (Å²) in [4.78, 5) is 0. The molecule has 1 N–H and O–H groups in total. The van der Waals surface area contributed by atoms with Gasteiger partial charge < -0.3 is 13.5 Å². The zero-order valence-electron chi connectivity index (χ0n) is 4.50. The summed E-state index contributed by atoms with van der Waals surface area (Å²) in [6, 6.07) is 0. The average Bonchev–Trinajstić information content (AvgIpc) is 1.86. The van der Waals surface area contributed by atoms with Crippen molar-refractivity contribution in [3.05, 3.63) is 18.0 Å². The fourth-order valence-corrected chi connectivity index (χ4v) is 0.315. The molecule has 1 rings (SSSR count). The maximum absolute atomic E-state index is 3.70. The van der Waals surface area contributed by atoms with Gasteiger partial charge in [0.2, 0.25) is 0 Å². The Morgan fingerprint density at radius 1 is 1.62 bits per heavy atom. The molecule has 0 spiro atoms. The van der Waals surface area contributed by atoms with Crippen LogP contribution in [-0.2, 0) is 32.1 Å². The Kier molecular flexibility index (Phi) is 7.27. The molecule has 8 heavy (non-hydrogen) atoms. The first kappa shape index (κ1) is 11.0. The largest absolute Gasteiger partial charge is 0.813 e. The Labute approximate surface area is 67.4 Å². The molecule has 0 aromatic carbocycles. The number of aromatic nitrogens is 2. The van der Waals surface area contributed by atoms with Crippen molar-refractivity contribution in [2.24, 2.45) is 0 Å². The van der Waals surface area contributed by atoms with Crippen LogP contribution in [0.5, 0.6) is 0 Å². The van der Waals surface area contributed by atoms with Gasteiger partial charge in [0.25, 0.3) is 0 Å². The van der Waals surface area contributed by atoms with E-state index in [1.54, 1.807) is 6.20 Å². The fraction of sp³-hybridized carbons (Fsp3) is 0.250. The van der Waals surface area contributed by atoms with Crippen molar-refractivity contribution >= 4 is 13.5 Å². The van der Waals surface area contributed by atoms with E-state index in [-0.39, 0.29) is 32.1 Å². The standard InChI is InChI=1S/C4H6N2.H2S.V/c1-4-2-5-6-3-4;;/h2-3H,1H3,(H,5,6);1H2;/p-1. The molecule has 2 nitrogen and oxygen atoms in total. The molecule has 0 aliphatic carbocycles. The molecule has 0 aliphatic rings. The molecule has 0 fully saturated rings. The van der Waals surface area contributed by atoms with Gasteiger partial charge in [-0.05, 0) is 12.5 Å². The van der Waals surface area contributed by atoms with Crippen LogP contribution in [-0.4, -0.2) is 10.2 Å². The molecule has 1 heterocycles. The molecular formula is C4H7N2SV-. The van der Waals surface area contributed by atoms with Crippen LogP contribution in [0.15, 0.2) is 12.4 Å². The van der Waals surface area contributed by atoms with Crippen molar-refractivity contribution in [3.8, 4) is 0 Å². The van der Waals surface area contributed by atoms with E-state index in [2.05, 4.69) is 10.2 Å². The van der Waals surface area contributed by atoms with Gasteiger partial charge in [-0.1, -0.05) is 0 Å². The van der Waals surface area contributed by atoms with Crippen LogP contribution in [0, 0.1) is 6.92 Å². The van der Waals surface area contributed by atoms with Crippen molar-refractivity contribution in [3.63, 3.8) is 0 Å². The summed E-state index contributed by atoms with van der Waals surface area (Å²) in [6.45, 7) is 1.99. The number of nitrogens with zero attached hydrogens (tertiary/aromatic N) is 1. The normalized spacial score (nSPS) is 6.62. The first-order chi connectivity index (χ1) is 2.89. The Bertz CT molecular complexity index is 118. The molecular weight excluding hydrogens is 159 g/mol. The summed E-state index contributed by atoms with van der Waals surface area (Å²) in [5.74, 6) is 0. The molecule has 0 amide bonds. The Morgan fingerprint density at radius 3 is 2.38 bits per heavy atom. The van der Waals surface area contributed by atoms with Gasteiger partial charge in [-0.2, -0.15) is 5.10 Å². The predicted octanol–water partition coefficient (Wildman–Crippen LogP) is 0.446. The van der Waals surface area contributed by atoms with E-state index in [1.165, 1.54) is 5.56 Å². The van der Waals surface area contributed by atoms with Crippen LogP contribution in [0.3, 0.4) is 0 Å². The fourth-order valence-electron chi connectivity index (χ4n) is 0.315.